The maximum absolute atomic E-state index is 12.6. The average molecular weight is 457 g/mol. The summed E-state index contributed by atoms with van der Waals surface area (Å²) in [7, 11) is -3.74. The minimum absolute atomic E-state index is 0.0384. The van der Waals surface area contributed by atoms with Gasteiger partial charge in [0.25, 0.3) is 15.9 Å². The zero-order valence-corrected chi connectivity index (χ0v) is 19.0. The van der Waals surface area contributed by atoms with Crippen LogP contribution in [0.2, 0.25) is 5.02 Å². The summed E-state index contributed by atoms with van der Waals surface area (Å²) in [5.41, 5.74) is 2.77. The lowest BCUT2D eigenvalue weighted by atomic mass is 10.1. The third-order valence-electron chi connectivity index (χ3n) is 4.88. The van der Waals surface area contributed by atoms with Crippen molar-refractivity contribution in [1.29, 1.82) is 0 Å². The number of benzene rings is 3. The molecule has 0 bridgehead atoms. The Morgan fingerprint density at radius 1 is 1.00 bits per heavy atom. The Hall–Kier alpha value is -2.83. The lowest BCUT2D eigenvalue weighted by Gasteiger charge is -2.15. The average Bonchev–Trinajstić information content (AvgIpc) is 2.73. The predicted molar refractivity (Wildman–Crippen MR) is 125 cm³/mol. The molecule has 7 heteroatoms. The smallest absolute Gasteiger partial charge is 0.261 e. The topological polar surface area (TPSA) is 75.3 Å². The summed E-state index contributed by atoms with van der Waals surface area (Å²) in [5, 5.41) is 3.12. The summed E-state index contributed by atoms with van der Waals surface area (Å²) < 4.78 is 27.6. The molecule has 0 aliphatic rings. The molecule has 162 valence electrons. The maximum Gasteiger partial charge on any atom is 0.261 e. The van der Waals surface area contributed by atoms with Crippen molar-refractivity contribution in [2.24, 2.45) is 0 Å². The summed E-state index contributed by atoms with van der Waals surface area (Å²) in [6, 6.07) is 21.1. The predicted octanol–water partition coefficient (Wildman–Crippen LogP) is 5.20. The molecule has 0 aliphatic heterocycles. The fourth-order valence-electron chi connectivity index (χ4n) is 3.10. The molecule has 2 N–H and O–H groups in total. The van der Waals surface area contributed by atoms with Crippen LogP contribution < -0.4 is 10.0 Å². The van der Waals surface area contributed by atoms with Gasteiger partial charge in [-0.3, -0.25) is 9.52 Å². The second-order valence-corrected chi connectivity index (χ2v) is 9.60. The minimum atomic E-state index is -3.74. The number of aryl methyl sites for hydroxylation is 2. The van der Waals surface area contributed by atoms with Gasteiger partial charge in [-0.05, 0) is 62.6 Å². The molecular formula is C24H25ClN2O3S. The number of rotatable bonds is 8. The molecule has 0 fully saturated rings. The van der Waals surface area contributed by atoms with Gasteiger partial charge in [0, 0.05) is 6.04 Å². The Kier molecular flexibility index (Phi) is 7.36. The van der Waals surface area contributed by atoms with Crippen LogP contribution in [0.15, 0.2) is 77.7 Å². The Bertz CT molecular complexity index is 1150. The van der Waals surface area contributed by atoms with Crippen molar-refractivity contribution < 1.29 is 13.2 Å². The number of carbonyl (C=O) groups is 1. The van der Waals surface area contributed by atoms with E-state index < -0.39 is 10.0 Å². The zero-order chi connectivity index (χ0) is 22.4. The van der Waals surface area contributed by atoms with E-state index in [0.29, 0.717) is 11.3 Å². The number of sulfonamides is 1. The highest BCUT2D eigenvalue weighted by atomic mass is 35.5. The van der Waals surface area contributed by atoms with Gasteiger partial charge in [-0.1, -0.05) is 59.6 Å². The minimum Gasteiger partial charge on any atom is -0.350 e. The van der Waals surface area contributed by atoms with E-state index in [4.69, 9.17) is 11.6 Å². The zero-order valence-electron chi connectivity index (χ0n) is 17.4. The van der Waals surface area contributed by atoms with E-state index >= 15 is 0 Å². The molecule has 0 radical (unpaired) electrons. The first kappa shape index (κ1) is 22.8. The number of anilines is 1. The van der Waals surface area contributed by atoms with E-state index in [1.807, 2.05) is 32.0 Å². The summed E-state index contributed by atoms with van der Waals surface area (Å²) in [6.07, 6.45) is 1.65. The molecule has 3 rings (SSSR count). The number of hydrogen-bond donors (Lipinski definition) is 2. The third kappa shape index (κ3) is 6.32. The van der Waals surface area contributed by atoms with Crippen LogP contribution in [0, 0.1) is 6.92 Å². The van der Waals surface area contributed by atoms with Crippen LogP contribution in [0.4, 0.5) is 5.69 Å². The summed E-state index contributed by atoms with van der Waals surface area (Å²) in [4.78, 5) is 12.8. The highest BCUT2D eigenvalue weighted by Gasteiger charge is 2.17. The fraction of sp³-hybridized carbons (Fsp3) is 0.208. The summed E-state index contributed by atoms with van der Waals surface area (Å²) in [5.74, 6) is -0.293. The Balaban J connectivity index is 1.63. The Labute approximate surface area is 188 Å². The van der Waals surface area contributed by atoms with Crippen LogP contribution in [-0.4, -0.2) is 20.4 Å². The lowest BCUT2D eigenvalue weighted by Crippen LogP contribution is -2.33. The normalized spacial score (nSPS) is 12.2. The monoisotopic (exact) mass is 456 g/mol. The van der Waals surface area contributed by atoms with Crippen LogP contribution in [0.1, 0.15) is 34.8 Å². The Morgan fingerprint density at radius 3 is 2.32 bits per heavy atom. The van der Waals surface area contributed by atoms with E-state index in [1.54, 1.807) is 12.1 Å². The molecule has 3 aromatic carbocycles. The van der Waals surface area contributed by atoms with Crippen LogP contribution in [0.25, 0.3) is 0 Å². The van der Waals surface area contributed by atoms with Crippen LogP contribution in [-0.2, 0) is 16.4 Å². The van der Waals surface area contributed by atoms with Gasteiger partial charge in [0.05, 0.1) is 21.2 Å². The highest BCUT2D eigenvalue weighted by Crippen LogP contribution is 2.24. The second kappa shape index (κ2) is 9.98. The van der Waals surface area contributed by atoms with Gasteiger partial charge < -0.3 is 5.32 Å². The van der Waals surface area contributed by atoms with Gasteiger partial charge in [0.2, 0.25) is 0 Å². The number of amides is 1. The van der Waals surface area contributed by atoms with Crippen LogP contribution in [0.5, 0.6) is 0 Å². The molecule has 0 saturated heterocycles. The van der Waals surface area contributed by atoms with E-state index in [2.05, 4.69) is 22.2 Å². The van der Waals surface area contributed by atoms with Crippen LogP contribution >= 0.6 is 11.6 Å². The first-order valence-electron chi connectivity index (χ1n) is 9.98. The van der Waals surface area contributed by atoms with Crippen molar-refractivity contribution in [2.45, 2.75) is 37.6 Å². The highest BCUT2D eigenvalue weighted by molar-refractivity contribution is 7.92. The molecule has 3 aromatic rings. The Morgan fingerprint density at radius 2 is 1.68 bits per heavy atom. The quantitative estimate of drug-likeness (QED) is 0.489. The lowest BCUT2D eigenvalue weighted by molar-refractivity contribution is 0.0938. The summed E-state index contributed by atoms with van der Waals surface area (Å²) >= 11 is 6.28. The molecule has 1 atom stereocenters. The molecule has 1 amide bonds. The SMILES string of the molecule is Cc1ccc(S(=O)(=O)Nc2ccc(C(=O)NC(C)CCc3ccccc3)c(Cl)c2)cc1. The second-order valence-electron chi connectivity index (χ2n) is 7.51. The number of halogens is 1. The number of nitrogens with one attached hydrogen (secondary N) is 2. The van der Waals surface area contributed by atoms with Gasteiger partial charge in [-0.2, -0.15) is 0 Å². The number of hydrogen-bond acceptors (Lipinski definition) is 3. The van der Waals surface area contributed by atoms with Gasteiger partial charge in [-0.15, -0.1) is 0 Å². The maximum atomic E-state index is 12.6. The number of carbonyl (C=O) groups excluding carboxylic acids is 1. The summed E-state index contributed by atoms with van der Waals surface area (Å²) in [6.45, 7) is 3.83. The van der Waals surface area contributed by atoms with Gasteiger partial charge >= 0.3 is 0 Å². The molecule has 0 aliphatic carbocycles. The van der Waals surface area contributed by atoms with Crippen molar-refractivity contribution in [3.05, 3.63) is 94.5 Å². The van der Waals surface area contributed by atoms with E-state index in [-0.39, 0.29) is 21.9 Å². The van der Waals surface area contributed by atoms with Crippen LogP contribution in [0.3, 0.4) is 0 Å². The van der Waals surface area contributed by atoms with E-state index in [1.165, 1.54) is 35.9 Å². The molecule has 5 nitrogen and oxygen atoms in total. The van der Waals surface area contributed by atoms with Crippen molar-refractivity contribution in [3.8, 4) is 0 Å². The molecule has 31 heavy (non-hydrogen) atoms. The van der Waals surface area contributed by atoms with Gasteiger partial charge in [0.1, 0.15) is 0 Å². The third-order valence-corrected chi connectivity index (χ3v) is 6.59. The molecular weight excluding hydrogens is 432 g/mol. The standard InChI is InChI=1S/C24H25ClN2O3S/c1-17-8-13-21(14-9-17)31(29,30)27-20-12-15-22(23(25)16-20)24(28)26-18(2)10-11-19-6-4-3-5-7-19/h3-9,12-16,18,27H,10-11H2,1-2H3,(H,26,28). The van der Waals surface area contributed by atoms with Crippen molar-refractivity contribution in [3.63, 3.8) is 0 Å². The van der Waals surface area contributed by atoms with Crippen molar-refractivity contribution in [2.75, 3.05) is 4.72 Å². The van der Waals surface area contributed by atoms with Crippen molar-refractivity contribution in [1.82, 2.24) is 5.32 Å². The molecule has 0 saturated carbocycles. The molecule has 0 heterocycles. The van der Waals surface area contributed by atoms with Crippen molar-refractivity contribution >= 4 is 33.2 Å². The molecule has 0 spiro atoms. The fourth-order valence-corrected chi connectivity index (χ4v) is 4.41. The first-order valence-corrected chi connectivity index (χ1v) is 11.8. The van der Waals surface area contributed by atoms with E-state index in [9.17, 15) is 13.2 Å². The van der Waals surface area contributed by atoms with Gasteiger partial charge in [0.15, 0.2) is 0 Å². The molecule has 1 unspecified atom stereocenters. The first-order chi connectivity index (χ1) is 14.7. The molecule has 0 aromatic heterocycles. The largest absolute Gasteiger partial charge is 0.350 e. The van der Waals surface area contributed by atoms with Gasteiger partial charge in [-0.25, -0.2) is 8.42 Å². The van der Waals surface area contributed by atoms with E-state index in [0.717, 1.165) is 18.4 Å².